The zero-order valence-corrected chi connectivity index (χ0v) is 9.09. The van der Waals surface area contributed by atoms with Gasteiger partial charge in [0.15, 0.2) is 0 Å². The highest BCUT2D eigenvalue weighted by Crippen LogP contribution is 2.27. The molecule has 1 aromatic carbocycles. The van der Waals surface area contributed by atoms with Crippen LogP contribution in [0.2, 0.25) is 0 Å². The lowest BCUT2D eigenvalue weighted by molar-refractivity contribution is 0.445. The van der Waals surface area contributed by atoms with Gasteiger partial charge in [0.1, 0.15) is 11.4 Å². The monoisotopic (exact) mass is 245 g/mol. The van der Waals surface area contributed by atoms with E-state index in [-0.39, 0.29) is 22.8 Å². The van der Waals surface area contributed by atoms with Gasteiger partial charge in [-0.1, -0.05) is 18.2 Å². The van der Waals surface area contributed by atoms with Crippen molar-refractivity contribution >= 4 is 5.78 Å². The molecule has 0 fully saturated rings. The van der Waals surface area contributed by atoms with Crippen LogP contribution in [-0.2, 0) is 0 Å². The molecule has 18 heavy (non-hydrogen) atoms. The number of hydrogen-bond donors (Lipinski definition) is 2. The lowest BCUT2D eigenvalue weighted by Gasteiger charge is -2.06. The van der Waals surface area contributed by atoms with Crippen LogP contribution in [0.25, 0.3) is 16.9 Å². The number of benzene rings is 1. The molecule has 2 aromatic heterocycles. The molecule has 0 aliphatic carbocycles. The van der Waals surface area contributed by atoms with Gasteiger partial charge < -0.3 is 5.11 Å². The molecule has 6 heteroatoms. The van der Waals surface area contributed by atoms with E-state index in [0.717, 1.165) is 0 Å². The van der Waals surface area contributed by atoms with Crippen molar-refractivity contribution in [3.63, 3.8) is 0 Å². The fourth-order valence-electron chi connectivity index (χ4n) is 1.86. The van der Waals surface area contributed by atoms with Crippen molar-refractivity contribution < 1.29 is 9.50 Å². The molecule has 0 radical (unpaired) electrons. The van der Waals surface area contributed by atoms with E-state index < -0.39 is 11.4 Å². The van der Waals surface area contributed by atoms with Gasteiger partial charge in [-0.25, -0.2) is 9.37 Å². The van der Waals surface area contributed by atoms with Crippen LogP contribution >= 0.6 is 0 Å². The smallest absolute Gasteiger partial charge is 0.264 e. The first-order valence-corrected chi connectivity index (χ1v) is 5.21. The molecule has 0 aliphatic rings. The summed E-state index contributed by atoms with van der Waals surface area (Å²) in [6.45, 7) is 0. The summed E-state index contributed by atoms with van der Waals surface area (Å²) in [4.78, 5) is 18.2. The first-order valence-electron chi connectivity index (χ1n) is 5.21. The molecule has 0 saturated carbocycles. The van der Waals surface area contributed by atoms with Crippen molar-refractivity contribution in [2.75, 3.05) is 0 Å². The van der Waals surface area contributed by atoms with Gasteiger partial charge in [-0.2, -0.15) is 0 Å². The second kappa shape index (κ2) is 3.69. The second-order valence-corrected chi connectivity index (χ2v) is 3.75. The number of fused-ring (bicyclic) bond motifs is 1. The number of aromatic nitrogens is 3. The Bertz CT molecular complexity index is 791. The van der Waals surface area contributed by atoms with Crippen LogP contribution in [0.4, 0.5) is 4.39 Å². The quantitative estimate of drug-likeness (QED) is 0.683. The van der Waals surface area contributed by atoms with Crippen LogP contribution in [0.1, 0.15) is 0 Å². The molecule has 3 rings (SSSR count). The number of H-pyrrole nitrogens is 1. The SMILES string of the molecule is O=c1[nH]c2nccn2c(O)c1-c1ccccc1F. The highest BCUT2D eigenvalue weighted by atomic mass is 19.1. The third-order valence-electron chi connectivity index (χ3n) is 2.69. The topological polar surface area (TPSA) is 70.4 Å². The van der Waals surface area contributed by atoms with Gasteiger partial charge in [0, 0.05) is 18.0 Å². The minimum Gasteiger partial charge on any atom is -0.494 e. The molecule has 0 bridgehead atoms. The molecule has 3 aromatic rings. The van der Waals surface area contributed by atoms with E-state index in [4.69, 9.17) is 0 Å². The van der Waals surface area contributed by atoms with E-state index in [1.54, 1.807) is 6.07 Å². The maximum absolute atomic E-state index is 13.7. The average molecular weight is 245 g/mol. The van der Waals surface area contributed by atoms with Gasteiger partial charge in [-0.3, -0.25) is 14.2 Å². The molecule has 90 valence electrons. The Balaban J connectivity index is 2.43. The Morgan fingerprint density at radius 1 is 1.33 bits per heavy atom. The summed E-state index contributed by atoms with van der Waals surface area (Å²) in [5.41, 5.74) is -0.651. The normalized spacial score (nSPS) is 10.9. The van der Waals surface area contributed by atoms with E-state index in [1.807, 2.05) is 0 Å². The summed E-state index contributed by atoms with van der Waals surface area (Å²) in [5.74, 6) is -0.702. The Morgan fingerprint density at radius 3 is 2.89 bits per heavy atom. The van der Waals surface area contributed by atoms with E-state index in [2.05, 4.69) is 9.97 Å². The van der Waals surface area contributed by atoms with E-state index in [9.17, 15) is 14.3 Å². The Kier molecular flexibility index (Phi) is 2.16. The van der Waals surface area contributed by atoms with Crippen molar-refractivity contribution in [2.24, 2.45) is 0 Å². The Hall–Kier alpha value is -2.63. The first-order chi connectivity index (χ1) is 8.68. The molecule has 5 nitrogen and oxygen atoms in total. The number of rotatable bonds is 1. The molecule has 0 unspecified atom stereocenters. The summed E-state index contributed by atoms with van der Waals surface area (Å²) in [6, 6.07) is 5.77. The van der Waals surface area contributed by atoms with Crippen LogP contribution in [0, 0.1) is 5.82 Å². The Morgan fingerprint density at radius 2 is 2.11 bits per heavy atom. The fourth-order valence-corrected chi connectivity index (χ4v) is 1.86. The Labute approximate surface area is 100 Å². The summed E-state index contributed by atoms with van der Waals surface area (Å²) < 4.78 is 15.0. The maximum Gasteiger partial charge on any atom is 0.264 e. The van der Waals surface area contributed by atoms with Gasteiger partial charge in [0.25, 0.3) is 5.56 Å². The molecule has 2 heterocycles. The van der Waals surface area contributed by atoms with Crippen LogP contribution in [0.5, 0.6) is 5.88 Å². The molecule has 2 N–H and O–H groups in total. The van der Waals surface area contributed by atoms with Crippen LogP contribution in [0.3, 0.4) is 0 Å². The van der Waals surface area contributed by atoms with E-state index >= 15 is 0 Å². The third kappa shape index (κ3) is 1.39. The predicted molar refractivity (Wildman–Crippen MR) is 62.9 cm³/mol. The minimum absolute atomic E-state index is 0.0480. The first kappa shape index (κ1) is 10.5. The van der Waals surface area contributed by atoms with Gasteiger partial charge in [-0.15, -0.1) is 0 Å². The zero-order chi connectivity index (χ0) is 12.7. The number of aromatic amines is 1. The zero-order valence-electron chi connectivity index (χ0n) is 9.09. The standard InChI is InChI=1S/C12H8FN3O2/c13-8-4-2-1-3-7(8)9-10(17)15-12-14-5-6-16(12)11(9)18/h1-6,18H,(H,14,15,17). The lowest BCUT2D eigenvalue weighted by atomic mass is 10.1. The molecule has 0 spiro atoms. The summed E-state index contributed by atoms with van der Waals surface area (Å²) in [7, 11) is 0. The largest absolute Gasteiger partial charge is 0.494 e. The summed E-state index contributed by atoms with van der Waals surface area (Å²) in [6.07, 6.45) is 2.90. The van der Waals surface area contributed by atoms with E-state index in [0.29, 0.717) is 0 Å². The van der Waals surface area contributed by atoms with Crippen LogP contribution < -0.4 is 5.56 Å². The third-order valence-corrected chi connectivity index (χ3v) is 2.69. The highest BCUT2D eigenvalue weighted by molar-refractivity contribution is 5.69. The number of halogens is 1. The number of nitrogens with one attached hydrogen (secondary N) is 1. The van der Waals surface area contributed by atoms with Gasteiger partial charge in [0.05, 0.1) is 0 Å². The van der Waals surface area contributed by atoms with Gasteiger partial charge in [0.2, 0.25) is 11.7 Å². The van der Waals surface area contributed by atoms with Crippen molar-refractivity contribution in [1.82, 2.24) is 14.4 Å². The summed E-state index contributed by atoms with van der Waals surface area (Å²) >= 11 is 0. The molecule has 0 aliphatic heterocycles. The van der Waals surface area contributed by atoms with Crippen molar-refractivity contribution in [3.8, 4) is 17.0 Å². The minimum atomic E-state index is -0.587. The van der Waals surface area contributed by atoms with Crippen molar-refractivity contribution in [2.45, 2.75) is 0 Å². The van der Waals surface area contributed by atoms with Crippen molar-refractivity contribution in [1.29, 1.82) is 0 Å². The lowest BCUT2D eigenvalue weighted by Crippen LogP contribution is -2.12. The molecular formula is C12H8FN3O2. The molecule has 0 saturated heterocycles. The maximum atomic E-state index is 13.7. The number of nitrogens with zero attached hydrogens (tertiary/aromatic N) is 2. The van der Waals surface area contributed by atoms with Crippen LogP contribution in [-0.4, -0.2) is 19.5 Å². The number of aromatic hydroxyl groups is 1. The fraction of sp³-hybridized carbons (Fsp3) is 0. The highest BCUT2D eigenvalue weighted by Gasteiger charge is 2.16. The van der Waals surface area contributed by atoms with Crippen molar-refractivity contribution in [3.05, 3.63) is 52.8 Å². The van der Waals surface area contributed by atoms with Gasteiger partial charge >= 0.3 is 0 Å². The molecule has 0 amide bonds. The summed E-state index contributed by atoms with van der Waals surface area (Å²) in [5, 5.41) is 10.0. The predicted octanol–water partition coefficient (Wildman–Crippen LogP) is 1.53. The van der Waals surface area contributed by atoms with Crippen LogP contribution in [0.15, 0.2) is 41.5 Å². The molecule has 0 atom stereocenters. The second-order valence-electron chi connectivity index (χ2n) is 3.75. The number of imidazole rings is 1. The average Bonchev–Trinajstić information content (AvgIpc) is 2.79. The van der Waals surface area contributed by atoms with Gasteiger partial charge in [-0.05, 0) is 6.07 Å². The molecular weight excluding hydrogens is 237 g/mol. The number of hydrogen-bond acceptors (Lipinski definition) is 3. The van der Waals surface area contributed by atoms with E-state index in [1.165, 1.54) is 35.0 Å².